The van der Waals surface area contributed by atoms with E-state index in [4.69, 9.17) is 14.5 Å². The predicted molar refractivity (Wildman–Crippen MR) is 175 cm³/mol. The molecule has 12 heteroatoms. The van der Waals surface area contributed by atoms with Crippen LogP contribution in [0.3, 0.4) is 0 Å². The van der Waals surface area contributed by atoms with Crippen molar-refractivity contribution in [3.05, 3.63) is 89.5 Å². The molecule has 1 fully saturated rings. The van der Waals surface area contributed by atoms with Crippen LogP contribution in [0.5, 0.6) is 5.75 Å². The number of carbonyl (C=O) groups excluding carboxylic acids is 2. The SMILES string of the molecule is COc1cc2c(ncn2C)c2c1-c1cccn3c(C(=O)c4cc(F)c(NC(=O)/C=C/CN[C@H]5CCOC5)c(F)c4)cc(c13)CCN2C. The second kappa shape index (κ2) is 12.3. The minimum atomic E-state index is -1.05. The number of methoxy groups -OCH3 is 1. The fraction of sp³-hybridized carbons (Fsp3) is 0.286. The highest BCUT2D eigenvalue weighted by molar-refractivity contribution is 6.11. The van der Waals surface area contributed by atoms with E-state index in [2.05, 4.69) is 15.5 Å². The predicted octanol–water partition coefficient (Wildman–Crippen LogP) is 4.88. The molecule has 2 N–H and O–H groups in total. The Morgan fingerprint density at radius 1 is 1.17 bits per heavy atom. The van der Waals surface area contributed by atoms with Gasteiger partial charge >= 0.3 is 0 Å². The Morgan fingerprint density at radius 2 is 1.98 bits per heavy atom. The summed E-state index contributed by atoms with van der Waals surface area (Å²) in [4.78, 5) is 33.1. The van der Waals surface area contributed by atoms with E-state index in [1.54, 1.807) is 36.2 Å². The Morgan fingerprint density at radius 3 is 2.72 bits per heavy atom. The number of imidazole rings is 1. The van der Waals surface area contributed by atoms with E-state index in [1.165, 1.54) is 6.08 Å². The van der Waals surface area contributed by atoms with Gasteiger partial charge in [0.15, 0.2) is 0 Å². The molecule has 2 aliphatic rings. The minimum absolute atomic E-state index is 0.173. The van der Waals surface area contributed by atoms with Gasteiger partial charge in [-0.05, 0) is 42.7 Å². The zero-order chi connectivity index (χ0) is 32.8. The molecular weight excluding hydrogens is 606 g/mol. The Labute approximate surface area is 269 Å². The molecule has 0 aliphatic carbocycles. The Hall–Kier alpha value is -5.07. The highest BCUT2D eigenvalue weighted by atomic mass is 19.1. The number of ether oxygens (including phenoxy) is 2. The van der Waals surface area contributed by atoms with Gasteiger partial charge in [-0.15, -0.1) is 0 Å². The van der Waals surface area contributed by atoms with Crippen LogP contribution in [0.4, 0.5) is 20.2 Å². The van der Waals surface area contributed by atoms with Gasteiger partial charge in [0, 0.05) is 69.3 Å². The average Bonchev–Trinajstić information content (AvgIpc) is 3.81. The lowest BCUT2D eigenvalue weighted by Gasteiger charge is -2.27. The van der Waals surface area contributed by atoms with Crippen molar-refractivity contribution in [2.75, 3.05) is 50.7 Å². The monoisotopic (exact) mass is 640 g/mol. The number of ketones is 1. The summed E-state index contributed by atoms with van der Waals surface area (Å²) in [5.41, 5.74) is 5.58. The van der Waals surface area contributed by atoms with Gasteiger partial charge < -0.3 is 34.0 Å². The number of rotatable bonds is 8. The number of halogens is 2. The summed E-state index contributed by atoms with van der Waals surface area (Å²) in [6.45, 7) is 2.35. The molecule has 0 unspecified atom stereocenters. The lowest BCUT2D eigenvalue weighted by Crippen LogP contribution is -2.29. The fourth-order valence-electron chi connectivity index (χ4n) is 6.56. The summed E-state index contributed by atoms with van der Waals surface area (Å²) in [5.74, 6) is -2.67. The Kier molecular flexibility index (Phi) is 7.98. The molecule has 10 nitrogen and oxygen atoms in total. The molecule has 2 aromatic carbocycles. The van der Waals surface area contributed by atoms with Crippen LogP contribution in [0.25, 0.3) is 27.7 Å². The number of benzene rings is 2. The molecule has 0 saturated carbocycles. The maximum absolute atomic E-state index is 15.2. The number of nitrogens with one attached hydrogen (secondary N) is 2. The van der Waals surface area contributed by atoms with Crippen LogP contribution >= 0.6 is 0 Å². The van der Waals surface area contributed by atoms with E-state index in [9.17, 15) is 9.59 Å². The number of nitrogens with zero attached hydrogens (tertiary/aromatic N) is 4. The Bertz CT molecular complexity index is 2050. The van der Waals surface area contributed by atoms with E-state index in [-0.39, 0.29) is 17.3 Å². The summed E-state index contributed by atoms with van der Waals surface area (Å²) >= 11 is 0. The first-order chi connectivity index (χ1) is 22.7. The van der Waals surface area contributed by atoms with Crippen LogP contribution in [-0.2, 0) is 23.0 Å². The topological polar surface area (TPSA) is 102 Å². The van der Waals surface area contributed by atoms with Gasteiger partial charge in [0.25, 0.3) is 0 Å². The standard InChI is InChI=1S/C35H34F2N6O4/c1-41-12-8-20-16-27(43-11-5-6-23(33(20)43)30-28(46-3)17-26-32(34(30)41)39-19-42(26)2)35(45)21-14-24(36)31(25(37)15-21)40-29(44)7-4-10-38-22-9-13-47-18-22/h4-7,11,14-17,19,22,38H,8-10,12-13,18H2,1-3H3,(H,40,44)/b7-4+/t22-/m0/s1. The van der Waals surface area contributed by atoms with Gasteiger partial charge in [-0.2, -0.15) is 0 Å². The number of aromatic nitrogens is 3. The number of fused-ring (bicyclic) bond motifs is 4. The first-order valence-electron chi connectivity index (χ1n) is 15.4. The van der Waals surface area contributed by atoms with Crippen LogP contribution < -0.4 is 20.3 Å². The van der Waals surface area contributed by atoms with Crippen molar-refractivity contribution in [2.24, 2.45) is 7.05 Å². The van der Waals surface area contributed by atoms with Crippen molar-refractivity contribution >= 4 is 39.6 Å². The van der Waals surface area contributed by atoms with E-state index in [0.717, 1.165) is 57.5 Å². The van der Waals surface area contributed by atoms with Gasteiger partial charge in [-0.3, -0.25) is 9.59 Å². The normalized spacial score (nSPS) is 16.1. The largest absolute Gasteiger partial charge is 0.496 e. The molecule has 7 rings (SSSR count). The summed E-state index contributed by atoms with van der Waals surface area (Å²) in [5, 5.41) is 5.48. The minimum Gasteiger partial charge on any atom is -0.496 e. The first kappa shape index (κ1) is 30.6. The molecule has 1 atom stereocenters. The summed E-state index contributed by atoms with van der Waals surface area (Å²) in [6.07, 6.45) is 7.83. The molecule has 0 bridgehead atoms. The number of pyridine rings is 1. The molecule has 1 saturated heterocycles. The third kappa shape index (κ3) is 5.43. The van der Waals surface area contributed by atoms with Crippen LogP contribution in [0.15, 0.2) is 61.1 Å². The maximum atomic E-state index is 15.2. The van der Waals surface area contributed by atoms with Gasteiger partial charge in [-0.1, -0.05) is 12.1 Å². The lowest BCUT2D eigenvalue weighted by molar-refractivity contribution is -0.112. The molecule has 5 heterocycles. The van der Waals surface area contributed by atoms with Crippen molar-refractivity contribution in [3.8, 4) is 16.9 Å². The first-order valence-corrected chi connectivity index (χ1v) is 15.4. The molecular formula is C35H34F2N6O4. The van der Waals surface area contributed by atoms with Gasteiger partial charge in [-0.25, -0.2) is 13.8 Å². The molecule has 3 aromatic heterocycles. The number of hydrogen-bond donors (Lipinski definition) is 2. The average molecular weight is 641 g/mol. The van der Waals surface area contributed by atoms with Gasteiger partial charge in [0.05, 0.1) is 48.0 Å². The number of aryl methyl sites for hydroxylation is 1. The highest BCUT2D eigenvalue weighted by Gasteiger charge is 2.29. The lowest BCUT2D eigenvalue weighted by atomic mass is 9.96. The molecule has 5 aromatic rings. The fourth-order valence-corrected chi connectivity index (χ4v) is 6.56. The van der Waals surface area contributed by atoms with E-state index in [1.807, 2.05) is 36.9 Å². The number of likely N-dealkylation sites (N-methyl/N-ethyl adjacent to an activating group) is 1. The van der Waals surface area contributed by atoms with Crippen molar-refractivity contribution in [1.29, 1.82) is 0 Å². The quantitative estimate of drug-likeness (QED) is 0.184. The van der Waals surface area contributed by atoms with Crippen LogP contribution in [0, 0.1) is 11.6 Å². The number of amides is 1. The summed E-state index contributed by atoms with van der Waals surface area (Å²) in [7, 11) is 5.56. The number of anilines is 2. The number of carbonyl (C=O) groups is 2. The molecule has 0 radical (unpaired) electrons. The molecule has 0 spiro atoms. The number of hydrogen-bond acceptors (Lipinski definition) is 7. The molecule has 47 heavy (non-hydrogen) atoms. The summed E-state index contributed by atoms with van der Waals surface area (Å²) in [6, 6.07) is 9.68. The molecule has 242 valence electrons. The highest BCUT2D eigenvalue weighted by Crippen LogP contribution is 2.47. The van der Waals surface area contributed by atoms with Crippen molar-refractivity contribution in [2.45, 2.75) is 18.9 Å². The van der Waals surface area contributed by atoms with E-state index in [0.29, 0.717) is 38.5 Å². The van der Waals surface area contributed by atoms with E-state index < -0.39 is 29.0 Å². The zero-order valence-electron chi connectivity index (χ0n) is 26.3. The van der Waals surface area contributed by atoms with Crippen molar-refractivity contribution in [1.82, 2.24) is 19.3 Å². The van der Waals surface area contributed by atoms with Crippen LogP contribution in [0.2, 0.25) is 0 Å². The van der Waals surface area contributed by atoms with Crippen LogP contribution in [0.1, 0.15) is 28.0 Å². The van der Waals surface area contributed by atoms with E-state index >= 15 is 8.78 Å². The summed E-state index contributed by atoms with van der Waals surface area (Å²) < 4.78 is 45.4. The smallest absolute Gasteiger partial charge is 0.248 e. The molecule has 2 aliphatic heterocycles. The van der Waals surface area contributed by atoms with Gasteiger partial charge in [0.1, 0.15) is 28.6 Å². The van der Waals surface area contributed by atoms with Crippen molar-refractivity contribution < 1.29 is 27.8 Å². The third-order valence-corrected chi connectivity index (χ3v) is 8.92. The maximum Gasteiger partial charge on any atom is 0.248 e. The molecule has 1 amide bonds. The third-order valence-electron chi connectivity index (χ3n) is 8.92. The second-order valence-corrected chi connectivity index (χ2v) is 11.9. The second-order valence-electron chi connectivity index (χ2n) is 11.9. The van der Waals surface area contributed by atoms with Crippen LogP contribution in [-0.4, -0.2) is 72.1 Å². The van der Waals surface area contributed by atoms with Gasteiger partial charge in [0.2, 0.25) is 11.7 Å². The zero-order valence-corrected chi connectivity index (χ0v) is 26.3. The van der Waals surface area contributed by atoms with Crippen molar-refractivity contribution in [3.63, 3.8) is 0 Å². The Balaban J connectivity index is 1.22.